The summed E-state index contributed by atoms with van der Waals surface area (Å²) in [6, 6.07) is 10.3. The third-order valence-corrected chi connectivity index (χ3v) is 7.05. The molecule has 1 atom stereocenters. The van der Waals surface area contributed by atoms with E-state index in [1.165, 1.54) is 27.3 Å². The van der Waals surface area contributed by atoms with Gasteiger partial charge in [0.2, 0.25) is 5.91 Å². The summed E-state index contributed by atoms with van der Waals surface area (Å²) in [6.45, 7) is 4.08. The van der Waals surface area contributed by atoms with Crippen LogP contribution in [0.15, 0.2) is 30.3 Å². The van der Waals surface area contributed by atoms with Gasteiger partial charge in [-0.3, -0.25) is 14.5 Å². The van der Waals surface area contributed by atoms with Crippen molar-refractivity contribution in [2.24, 2.45) is 0 Å². The normalized spacial score (nSPS) is 19.0. The van der Waals surface area contributed by atoms with Crippen molar-refractivity contribution in [3.8, 4) is 0 Å². The highest BCUT2D eigenvalue weighted by Crippen LogP contribution is 2.36. The molecule has 4 rings (SSSR count). The van der Waals surface area contributed by atoms with Gasteiger partial charge in [0, 0.05) is 42.7 Å². The molecule has 2 aliphatic heterocycles. The Morgan fingerprint density at radius 2 is 1.96 bits per heavy atom. The first-order valence-electron chi connectivity index (χ1n) is 9.47. The molecule has 6 heteroatoms. The Morgan fingerprint density at radius 3 is 2.78 bits per heavy atom. The van der Waals surface area contributed by atoms with Crippen LogP contribution in [-0.4, -0.2) is 47.9 Å². The van der Waals surface area contributed by atoms with Gasteiger partial charge in [-0.25, -0.2) is 0 Å². The van der Waals surface area contributed by atoms with Crippen LogP contribution in [0.4, 0.5) is 5.69 Å². The number of rotatable bonds is 5. The van der Waals surface area contributed by atoms with Gasteiger partial charge < -0.3 is 10.0 Å². The van der Waals surface area contributed by atoms with E-state index in [2.05, 4.69) is 17.9 Å². The van der Waals surface area contributed by atoms with E-state index in [0.29, 0.717) is 11.3 Å². The minimum atomic E-state index is -0.441. The maximum Gasteiger partial charge on any atom is 0.228 e. The molecule has 5 nitrogen and oxygen atoms in total. The van der Waals surface area contributed by atoms with Crippen LogP contribution in [0.3, 0.4) is 0 Å². The van der Waals surface area contributed by atoms with Crippen molar-refractivity contribution >= 4 is 28.7 Å². The summed E-state index contributed by atoms with van der Waals surface area (Å²) < 4.78 is 0. The standard InChI is InChI=1S/C21H24N2O3S/c1-14-21-16(12-19(27-21)18(25)13-24)6-9-22(14)10-8-20(26)23-11-7-15-4-2-3-5-17(15)23/h2-5,12,14,24H,6-11,13H2,1H3. The van der Waals surface area contributed by atoms with Crippen LogP contribution in [0, 0.1) is 0 Å². The zero-order valence-electron chi connectivity index (χ0n) is 15.5. The SMILES string of the molecule is CC1c2sc(C(=O)CO)cc2CCN1CCC(=O)N1CCc2ccccc21. The lowest BCUT2D eigenvalue weighted by Gasteiger charge is -2.33. The summed E-state index contributed by atoms with van der Waals surface area (Å²) in [7, 11) is 0. The van der Waals surface area contributed by atoms with E-state index in [1.807, 2.05) is 29.2 Å². The number of benzene rings is 1. The van der Waals surface area contributed by atoms with E-state index in [0.717, 1.165) is 38.2 Å². The van der Waals surface area contributed by atoms with Crippen molar-refractivity contribution in [3.63, 3.8) is 0 Å². The highest BCUT2D eigenvalue weighted by atomic mass is 32.1. The number of para-hydroxylation sites is 1. The lowest BCUT2D eigenvalue weighted by atomic mass is 10.0. The molecular formula is C21H24N2O3S. The third kappa shape index (κ3) is 3.45. The summed E-state index contributed by atoms with van der Waals surface area (Å²) in [6.07, 6.45) is 2.32. The number of aliphatic hydroxyl groups is 1. The Morgan fingerprint density at radius 1 is 1.19 bits per heavy atom. The molecule has 3 heterocycles. The van der Waals surface area contributed by atoms with Gasteiger partial charge in [0.05, 0.1) is 4.88 Å². The van der Waals surface area contributed by atoms with Crippen molar-refractivity contribution in [1.29, 1.82) is 0 Å². The van der Waals surface area contributed by atoms with Gasteiger partial charge in [0.1, 0.15) is 6.61 Å². The number of hydrogen-bond acceptors (Lipinski definition) is 5. The van der Waals surface area contributed by atoms with Crippen molar-refractivity contribution in [1.82, 2.24) is 4.90 Å². The van der Waals surface area contributed by atoms with Crippen LogP contribution in [0.25, 0.3) is 0 Å². The first-order chi connectivity index (χ1) is 13.1. The minimum absolute atomic E-state index is 0.181. The third-order valence-electron chi connectivity index (χ3n) is 5.66. The quantitative estimate of drug-likeness (QED) is 0.806. The average molecular weight is 385 g/mol. The molecule has 1 unspecified atom stereocenters. The molecule has 0 radical (unpaired) electrons. The van der Waals surface area contributed by atoms with Crippen molar-refractivity contribution in [3.05, 3.63) is 51.2 Å². The van der Waals surface area contributed by atoms with Crippen LogP contribution in [0.5, 0.6) is 0 Å². The molecule has 2 aliphatic rings. The second-order valence-electron chi connectivity index (χ2n) is 7.22. The summed E-state index contributed by atoms with van der Waals surface area (Å²) in [5.74, 6) is -0.0312. The molecular weight excluding hydrogens is 360 g/mol. The molecule has 27 heavy (non-hydrogen) atoms. The number of anilines is 1. The van der Waals surface area contributed by atoms with Gasteiger partial charge >= 0.3 is 0 Å². The Balaban J connectivity index is 1.40. The number of nitrogens with zero attached hydrogens (tertiary/aromatic N) is 2. The second-order valence-corrected chi connectivity index (χ2v) is 8.30. The Bertz CT molecular complexity index is 876. The predicted octanol–water partition coefficient (Wildman–Crippen LogP) is 2.82. The van der Waals surface area contributed by atoms with Crippen LogP contribution < -0.4 is 4.90 Å². The first kappa shape index (κ1) is 18.3. The van der Waals surface area contributed by atoms with Crippen molar-refractivity contribution < 1.29 is 14.7 Å². The molecule has 0 bridgehead atoms. The molecule has 142 valence electrons. The fraction of sp³-hybridized carbons (Fsp3) is 0.429. The van der Waals surface area contributed by atoms with Gasteiger partial charge in [-0.1, -0.05) is 18.2 Å². The van der Waals surface area contributed by atoms with Gasteiger partial charge in [0.15, 0.2) is 5.78 Å². The van der Waals surface area contributed by atoms with Crippen LogP contribution in [0.1, 0.15) is 45.1 Å². The van der Waals surface area contributed by atoms with Crippen LogP contribution in [0.2, 0.25) is 0 Å². The summed E-state index contributed by atoms with van der Waals surface area (Å²) in [5.41, 5.74) is 3.52. The van der Waals surface area contributed by atoms with Gasteiger partial charge in [-0.05, 0) is 43.0 Å². The number of carbonyl (C=O) groups is 2. The molecule has 2 aromatic rings. The molecule has 0 fully saturated rings. The van der Waals surface area contributed by atoms with E-state index in [4.69, 9.17) is 5.11 Å². The minimum Gasteiger partial charge on any atom is -0.388 e. The number of Topliss-reactive ketones (excluding diaryl/α,β-unsaturated/α-hetero) is 1. The molecule has 1 amide bonds. The Kier molecular flexibility index (Phi) is 5.12. The highest BCUT2D eigenvalue weighted by Gasteiger charge is 2.29. The molecule has 0 saturated heterocycles. The summed E-state index contributed by atoms with van der Waals surface area (Å²) >= 11 is 1.48. The molecule has 0 aliphatic carbocycles. The van der Waals surface area contributed by atoms with Gasteiger partial charge in [-0.2, -0.15) is 0 Å². The number of fused-ring (bicyclic) bond motifs is 2. The zero-order valence-corrected chi connectivity index (χ0v) is 16.3. The number of ketones is 1. The topological polar surface area (TPSA) is 60.9 Å². The van der Waals surface area contributed by atoms with E-state index in [1.54, 1.807) is 0 Å². The monoisotopic (exact) mass is 384 g/mol. The number of carbonyl (C=O) groups excluding carboxylic acids is 2. The van der Waals surface area contributed by atoms with E-state index >= 15 is 0 Å². The summed E-state index contributed by atoms with van der Waals surface area (Å²) in [5, 5.41) is 9.09. The smallest absolute Gasteiger partial charge is 0.228 e. The average Bonchev–Trinajstić information content (AvgIpc) is 3.31. The van der Waals surface area contributed by atoms with E-state index in [-0.39, 0.29) is 17.7 Å². The molecule has 1 aromatic heterocycles. The first-order valence-corrected chi connectivity index (χ1v) is 10.3. The van der Waals surface area contributed by atoms with Crippen LogP contribution >= 0.6 is 11.3 Å². The Labute approximate surface area is 163 Å². The second kappa shape index (κ2) is 7.54. The van der Waals surface area contributed by atoms with Gasteiger partial charge in [-0.15, -0.1) is 11.3 Å². The lowest BCUT2D eigenvalue weighted by Crippen LogP contribution is -2.37. The number of aliphatic hydroxyl groups excluding tert-OH is 1. The van der Waals surface area contributed by atoms with Crippen molar-refractivity contribution in [2.45, 2.75) is 32.2 Å². The maximum atomic E-state index is 12.8. The molecule has 0 saturated carbocycles. The van der Waals surface area contributed by atoms with Gasteiger partial charge in [0.25, 0.3) is 0 Å². The maximum absolute atomic E-state index is 12.8. The number of thiophene rings is 1. The fourth-order valence-corrected chi connectivity index (χ4v) is 5.34. The molecule has 1 aromatic carbocycles. The zero-order chi connectivity index (χ0) is 19.0. The fourth-order valence-electron chi connectivity index (χ4n) is 4.11. The van der Waals surface area contributed by atoms with E-state index in [9.17, 15) is 9.59 Å². The molecule has 1 N–H and O–H groups in total. The van der Waals surface area contributed by atoms with Crippen molar-refractivity contribution in [2.75, 3.05) is 31.1 Å². The molecule has 0 spiro atoms. The predicted molar refractivity (Wildman–Crippen MR) is 107 cm³/mol. The van der Waals surface area contributed by atoms with E-state index < -0.39 is 6.61 Å². The number of amides is 1. The summed E-state index contributed by atoms with van der Waals surface area (Å²) in [4.78, 5) is 30.6. The number of hydrogen-bond donors (Lipinski definition) is 1. The van der Waals surface area contributed by atoms with Crippen LogP contribution in [-0.2, 0) is 17.6 Å². The Hall–Kier alpha value is -2.02. The highest BCUT2D eigenvalue weighted by molar-refractivity contribution is 7.14. The largest absolute Gasteiger partial charge is 0.388 e. The lowest BCUT2D eigenvalue weighted by molar-refractivity contribution is -0.119.